The third-order valence-corrected chi connectivity index (χ3v) is 7.27. The number of likely N-dealkylation sites (tertiary alicyclic amines) is 1. The van der Waals surface area contributed by atoms with Gasteiger partial charge in [-0.2, -0.15) is 10.2 Å². The van der Waals surface area contributed by atoms with Crippen molar-refractivity contribution >= 4 is 16.9 Å². The third kappa shape index (κ3) is 4.78. The van der Waals surface area contributed by atoms with Crippen LogP contribution in [0.1, 0.15) is 28.8 Å². The molecule has 12 heteroatoms. The summed E-state index contributed by atoms with van der Waals surface area (Å²) in [4.78, 5) is 32.3. The number of benzene rings is 2. The summed E-state index contributed by atoms with van der Waals surface area (Å²) in [6.45, 7) is 0.610. The van der Waals surface area contributed by atoms with Gasteiger partial charge in [0.05, 0.1) is 42.5 Å². The Labute approximate surface area is 227 Å². The van der Waals surface area contributed by atoms with Crippen LogP contribution in [0.4, 0.5) is 4.39 Å². The van der Waals surface area contributed by atoms with Crippen molar-refractivity contribution in [2.45, 2.75) is 31.6 Å². The molecule has 1 amide bonds. The molecule has 4 heterocycles. The number of fused-ring (bicyclic) bond motifs is 1. The van der Waals surface area contributed by atoms with Gasteiger partial charge in [-0.15, -0.1) is 0 Å². The van der Waals surface area contributed by atoms with E-state index in [9.17, 15) is 24.2 Å². The number of halogens is 1. The van der Waals surface area contributed by atoms with Gasteiger partial charge in [-0.1, -0.05) is 0 Å². The summed E-state index contributed by atoms with van der Waals surface area (Å²) in [5.41, 5.74) is 1.37. The van der Waals surface area contributed by atoms with Crippen LogP contribution >= 0.6 is 0 Å². The highest BCUT2D eigenvalue weighted by molar-refractivity contribution is 5.94. The molecule has 0 radical (unpaired) electrons. The summed E-state index contributed by atoms with van der Waals surface area (Å²) in [5.74, 6) is -0.517. The normalized spacial score (nSPS) is 15.0. The summed E-state index contributed by atoms with van der Waals surface area (Å²) in [5, 5.41) is 29.2. The molecule has 0 bridgehead atoms. The monoisotopic (exact) mass is 543 g/mol. The van der Waals surface area contributed by atoms with Crippen LogP contribution in [0.3, 0.4) is 0 Å². The van der Waals surface area contributed by atoms with Crippen molar-refractivity contribution in [3.63, 3.8) is 0 Å². The molecule has 2 N–H and O–H groups in total. The maximum Gasteiger partial charge on any atom is 0.264 e. The number of piperidine rings is 1. The first-order valence-corrected chi connectivity index (χ1v) is 12.8. The van der Waals surface area contributed by atoms with E-state index < -0.39 is 5.60 Å². The number of aliphatic hydroxyl groups excluding tert-OH is 1. The van der Waals surface area contributed by atoms with Gasteiger partial charge in [-0.25, -0.2) is 18.7 Å². The largest absolute Gasteiger partial charge is 0.392 e. The van der Waals surface area contributed by atoms with Crippen LogP contribution in [0, 0.1) is 5.82 Å². The molecule has 6 rings (SSSR count). The minimum absolute atomic E-state index is 0.0347. The molecule has 0 unspecified atom stereocenters. The first-order valence-electron chi connectivity index (χ1n) is 12.8. The maximum atomic E-state index is 13.3. The fraction of sp³-hybridized carbons (Fsp3) is 0.250. The topological polar surface area (TPSA) is 131 Å². The number of carbonyl (C=O) groups is 1. The van der Waals surface area contributed by atoms with Crippen molar-refractivity contribution in [1.82, 2.24) is 34.0 Å². The molecule has 1 fully saturated rings. The molecule has 1 saturated heterocycles. The highest BCUT2D eigenvalue weighted by atomic mass is 19.1. The number of hydrogen-bond acceptors (Lipinski definition) is 7. The van der Waals surface area contributed by atoms with Crippen molar-refractivity contribution < 1.29 is 19.4 Å². The van der Waals surface area contributed by atoms with E-state index in [1.807, 2.05) is 0 Å². The molecule has 40 heavy (non-hydrogen) atoms. The van der Waals surface area contributed by atoms with Gasteiger partial charge in [0.1, 0.15) is 17.5 Å². The highest BCUT2D eigenvalue weighted by Crippen LogP contribution is 2.25. The van der Waals surface area contributed by atoms with Gasteiger partial charge in [-0.3, -0.25) is 14.2 Å². The maximum absolute atomic E-state index is 13.3. The molecule has 0 aliphatic carbocycles. The van der Waals surface area contributed by atoms with Crippen LogP contribution in [0.2, 0.25) is 0 Å². The van der Waals surface area contributed by atoms with E-state index in [4.69, 9.17) is 0 Å². The quantitative estimate of drug-likeness (QED) is 0.335. The lowest BCUT2D eigenvalue weighted by Crippen LogP contribution is -2.49. The van der Waals surface area contributed by atoms with Crippen LogP contribution in [0.15, 0.2) is 78.2 Å². The lowest BCUT2D eigenvalue weighted by Gasteiger charge is -2.38. The molecule has 3 aromatic heterocycles. The lowest BCUT2D eigenvalue weighted by atomic mass is 9.91. The Morgan fingerprint density at radius 1 is 0.975 bits per heavy atom. The summed E-state index contributed by atoms with van der Waals surface area (Å²) in [6, 6.07) is 12.7. The van der Waals surface area contributed by atoms with Gasteiger partial charge in [0, 0.05) is 30.4 Å². The Hall–Kier alpha value is -4.68. The predicted molar refractivity (Wildman–Crippen MR) is 143 cm³/mol. The number of rotatable bonds is 6. The van der Waals surface area contributed by atoms with E-state index in [2.05, 4.69) is 15.2 Å². The average molecular weight is 544 g/mol. The van der Waals surface area contributed by atoms with Crippen molar-refractivity contribution in [3.05, 3.63) is 101 Å². The molecule has 1 aliphatic heterocycles. The van der Waals surface area contributed by atoms with Crippen LogP contribution in [0.5, 0.6) is 0 Å². The standard InChI is InChI=1S/C28H26FN7O4/c29-21-3-7-23(8-4-21)36-25-24(14-32-36)27(39)34(18-30-25)17-28(40)9-11-33(12-10-28)26(38)20-1-5-22(6-2-20)35-15-19(16-37)13-31-35/h1-8,13-15,18,37,40H,9-12,16-17H2. The van der Waals surface area contributed by atoms with Gasteiger partial charge in [-0.05, 0) is 61.4 Å². The summed E-state index contributed by atoms with van der Waals surface area (Å²) < 4.78 is 17.8. The molecule has 2 aromatic carbocycles. The number of amides is 1. The van der Waals surface area contributed by atoms with Gasteiger partial charge < -0.3 is 15.1 Å². The third-order valence-electron chi connectivity index (χ3n) is 7.27. The van der Waals surface area contributed by atoms with E-state index >= 15 is 0 Å². The zero-order valence-corrected chi connectivity index (χ0v) is 21.4. The van der Waals surface area contributed by atoms with E-state index in [-0.39, 0.29) is 35.8 Å². The molecule has 204 valence electrons. The Balaban J connectivity index is 1.12. The molecular formula is C28H26FN7O4. The van der Waals surface area contributed by atoms with Gasteiger partial charge in [0.25, 0.3) is 11.5 Å². The van der Waals surface area contributed by atoms with Gasteiger partial charge >= 0.3 is 0 Å². The van der Waals surface area contributed by atoms with Gasteiger partial charge in [0.15, 0.2) is 5.65 Å². The number of aromatic nitrogens is 6. The van der Waals surface area contributed by atoms with Crippen molar-refractivity contribution in [1.29, 1.82) is 0 Å². The Morgan fingerprint density at radius 2 is 1.68 bits per heavy atom. The zero-order chi connectivity index (χ0) is 27.9. The Bertz CT molecular complexity index is 1730. The molecule has 0 saturated carbocycles. The smallest absolute Gasteiger partial charge is 0.264 e. The molecular weight excluding hydrogens is 517 g/mol. The summed E-state index contributed by atoms with van der Waals surface area (Å²) >= 11 is 0. The van der Waals surface area contributed by atoms with Crippen molar-refractivity contribution in [2.75, 3.05) is 13.1 Å². The molecule has 1 aliphatic rings. The van der Waals surface area contributed by atoms with Crippen LogP contribution in [0.25, 0.3) is 22.4 Å². The second-order valence-electron chi connectivity index (χ2n) is 9.96. The van der Waals surface area contributed by atoms with E-state index in [0.717, 1.165) is 5.69 Å². The Morgan fingerprint density at radius 3 is 2.35 bits per heavy atom. The minimum atomic E-state index is -1.18. The van der Waals surface area contributed by atoms with Crippen molar-refractivity contribution in [3.8, 4) is 11.4 Å². The fourth-order valence-electron chi connectivity index (χ4n) is 4.96. The molecule has 0 atom stereocenters. The zero-order valence-electron chi connectivity index (χ0n) is 21.4. The number of hydrogen-bond donors (Lipinski definition) is 2. The van der Waals surface area contributed by atoms with Crippen molar-refractivity contribution in [2.24, 2.45) is 0 Å². The molecule has 11 nitrogen and oxygen atoms in total. The number of carbonyl (C=O) groups excluding carboxylic acids is 1. The van der Waals surface area contributed by atoms with Crippen LogP contribution in [-0.2, 0) is 13.2 Å². The number of aliphatic hydroxyl groups is 2. The van der Waals surface area contributed by atoms with E-state index in [0.29, 0.717) is 48.4 Å². The first-order chi connectivity index (χ1) is 19.3. The fourth-order valence-corrected chi connectivity index (χ4v) is 4.96. The molecule has 0 spiro atoms. The van der Waals surface area contributed by atoms with Crippen LogP contribution in [-0.4, -0.2) is 68.8 Å². The first kappa shape index (κ1) is 25.6. The Kier molecular flexibility index (Phi) is 6.48. The van der Waals surface area contributed by atoms with Crippen LogP contribution < -0.4 is 5.56 Å². The predicted octanol–water partition coefficient (Wildman–Crippen LogP) is 2.07. The minimum Gasteiger partial charge on any atom is -0.392 e. The van der Waals surface area contributed by atoms with E-state index in [1.54, 1.807) is 58.4 Å². The summed E-state index contributed by atoms with van der Waals surface area (Å²) in [6.07, 6.45) is 6.70. The second-order valence-corrected chi connectivity index (χ2v) is 9.96. The number of nitrogens with zero attached hydrogens (tertiary/aromatic N) is 7. The van der Waals surface area contributed by atoms with E-state index in [1.165, 1.54) is 33.9 Å². The van der Waals surface area contributed by atoms with Gasteiger partial charge in [0.2, 0.25) is 0 Å². The SMILES string of the molecule is O=C(c1ccc(-n2cc(CO)cn2)cc1)N1CCC(O)(Cn2cnc3c(cnn3-c3ccc(F)cc3)c2=O)CC1. The molecule has 5 aromatic rings. The average Bonchev–Trinajstić information content (AvgIpc) is 3.63. The second kappa shape index (κ2) is 10.1. The highest BCUT2D eigenvalue weighted by Gasteiger charge is 2.35. The lowest BCUT2D eigenvalue weighted by molar-refractivity contribution is -0.0299. The summed E-state index contributed by atoms with van der Waals surface area (Å²) in [7, 11) is 0.